The number of nitrogens with one attached hydrogen (secondary N) is 1. The van der Waals surface area contributed by atoms with E-state index in [-0.39, 0.29) is 17.8 Å². The number of hydrogen-bond donors (Lipinski definition) is 1. The summed E-state index contributed by atoms with van der Waals surface area (Å²) in [5.74, 6) is -0.795. The Morgan fingerprint density at radius 3 is 2.53 bits per heavy atom. The molecule has 0 fully saturated rings. The molecular weight excluding hydrogens is 427 g/mol. The number of rotatable bonds is 6. The summed E-state index contributed by atoms with van der Waals surface area (Å²) in [6.07, 6.45) is 4.28. The van der Waals surface area contributed by atoms with Crippen LogP contribution in [0.5, 0.6) is 0 Å². The van der Waals surface area contributed by atoms with Gasteiger partial charge in [-0.15, -0.1) is 0 Å². The van der Waals surface area contributed by atoms with E-state index in [1.165, 1.54) is 0 Å². The summed E-state index contributed by atoms with van der Waals surface area (Å²) in [7, 11) is -3.49. The predicted molar refractivity (Wildman–Crippen MR) is 125 cm³/mol. The van der Waals surface area contributed by atoms with Crippen molar-refractivity contribution in [2.45, 2.75) is 44.7 Å². The molecule has 1 aliphatic rings. The van der Waals surface area contributed by atoms with Crippen LogP contribution in [0.2, 0.25) is 0 Å². The van der Waals surface area contributed by atoms with E-state index in [1.807, 2.05) is 43.3 Å². The Morgan fingerprint density at radius 2 is 1.84 bits per heavy atom. The van der Waals surface area contributed by atoms with Gasteiger partial charge in [0.15, 0.2) is 0 Å². The lowest BCUT2D eigenvalue weighted by Crippen LogP contribution is -2.45. The number of sulfonamides is 1. The van der Waals surface area contributed by atoms with Crippen LogP contribution in [0, 0.1) is 5.82 Å². The first-order valence-electron chi connectivity index (χ1n) is 10.8. The van der Waals surface area contributed by atoms with Gasteiger partial charge in [-0.05, 0) is 48.9 Å². The first kappa shape index (κ1) is 22.4. The molecule has 0 saturated heterocycles. The van der Waals surface area contributed by atoms with Gasteiger partial charge in [0, 0.05) is 35.8 Å². The highest BCUT2D eigenvalue weighted by atomic mass is 32.2. The summed E-state index contributed by atoms with van der Waals surface area (Å²) < 4.78 is 44.0. The van der Waals surface area contributed by atoms with Crippen molar-refractivity contribution in [2.24, 2.45) is 0 Å². The van der Waals surface area contributed by atoms with Gasteiger partial charge in [-0.2, -0.15) is 0 Å². The standard InChI is InChI=1S/C25H27FN2O3S/c1-3-28-15-14-18-12-13-22(27-32(2,30)31)21(23(18)25(28)29)16-19-10-7-11-20(24(19)26)17-8-5-4-6-9-17/h4-11,14-15,21-22,27H,3,12-13,16H2,1-2H3/t21-,22-/m0/s1. The number of hydrogen-bond acceptors (Lipinski definition) is 3. The van der Waals surface area contributed by atoms with Gasteiger partial charge in [0.25, 0.3) is 5.56 Å². The molecule has 0 amide bonds. The molecule has 1 aliphatic carbocycles. The van der Waals surface area contributed by atoms with Gasteiger partial charge >= 0.3 is 0 Å². The Kier molecular flexibility index (Phi) is 6.31. The van der Waals surface area contributed by atoms with E-state index in [4.69, 9.17) is 0 Å². The SMILES string of the molecule is CCn1ccc2c(c1=O)[C@@H](Cc1cccc(-c3ccccc3)c1F)[C@@H](NS(C)(=O)=O)CC2. The maximum atomic E-state index is 15.6. The molecule has 4 rings (SSSR count). The van der Waals surface area contributed by atoms with Crippen molar-refractivity contribution in [1.29, 1.82) is 0 Å². The lowest BCUT2D eigenvalue weighted by molar-refractivity contribution is 0.419. The van der Waals surface area contributed by atoms with Crippen LogP contribution >= 0.6 is 0 Å². The Morgan fingerprint density at radius 1 is 1.09 bits per heavy atom. The Hall–Kier alpha value is -2.77. The fourth-order valence-corrected chi connectivity index (χ4v) is 5.51. The van der Waals surface area contributed by atoms with Gasteiger partial charge in [-0.25, -0.2) is 17.5 Å². The minimum absolute atomic E-state index is 0.130. The Labute approximate surface area is 188 Å². The van der Waals surface area contributed by atoms with E-state index in [1.54, 1.807) is 29.0 Å². The van der Waals surface area contributed by atoms with Gasteiger partial charge in [-0.3, -0.25) is 4.79 Å². The zero-order valence-electron chi connectivity index (χ0n) is 18.2. The van der Waals surface area contributed by atoms with Crippen molar-refractivity contribution in [3.63, 3.8) is 0 Å². The van der Waals surface area contributed by atoms with Gasteiger partial charge in [0.05, 0.1) is 6.26 Å². The maximum absolute atomic E-state index is 15.6. The second kappa shape index (κ2) is 9.00. The quantitative estimate of drug-likeness (QED) is 0.615. The summed E-state index contributed by atoms with van der Waals surface area (Å²) in [6.45, 7) is 2.40. The number of pyridine rings is 1. The third-order valence-electron chi connectivity index (χ3n) is 6.18. The topological polar surface area (TPSA) is 68.2 Å². The number of aryl methyl sites for hydroxylation is 2. The number of nitrogens with zero attached hydrogens (tertiary/aromatic N) is 1. The Bertz CT molecular complexity index is 1290. The summed E-state index contributed by atoms with van der Waals surface area (Å²) in [5, 5.41) is 0. The number of benzene rings is 2. The largest absolute Gasteiger partial charge is 0.316 e. The van der Waals surface area contributed by atoms with Crippen molar-refractivity contribution in [2.75, 3.05) is 6.26 Å². The third kappa shape index (κ3) is 4.54. The minimum atomic E-state index is -3.49. The van der Waals surface area contributed by atoms with E-state index >= 15 is 4.39 Å². The zero-order valence-corrected chi connectivity index (χ0v) is 19.0. The molecule has 1 aromatic heterocycles. The summed E-state index contributed by atoms with van der Waals surface area (Å²) >= 11 is 0. The lowest BCUT2D eigenvalue weighted by Gasteiger charge is -2.34. The summed E-state index contributed by atoms with van der Waals surface area (Å²) in [5.41, 5.74) is 3.10. The molecule has 0 spiro atoms. The van der Waals surface area contributed by atoms with E-state index in [0.29, 0.717) is 36.1 Å². The fourth-order valence-electron chi connectivity index (χ4n) is 4.68. The Balaban J connectivity index is 1.81. The molecule has 2 aromatic carbocycles. The molecule has 0 radical (unpaired) electrons. The third-order valence-corrected chi connectivity index (χ3v) is 6.91. The first-order valence-corrected chi connectivity index (χ1v) is 12.7. The first-order chi connectivity index (χ1) is 15.3. The second-order valence-electron chi connectivity index (χ2n) is 8.34. The molecular formula is C25H27FN2O3S. The molecule has 0 bridgehead atoms. The van der Waals surface area contributed by atoms with Crippen LogP contribution in [0.3, 0.4) is 0 Å². The van der Waals surface area contributed by atoms with Crippen LogP contribution in [0.4, 0.5) is 4.39 Å². The van der Waals surface area contributed by atoms with Crippen LogP contribution in [-0.4, -0.2) is 25.3 Å². The van der Waals surface area contributed by atoms with Gasteiger partial charge in [-0.1, -0.05) is 48.5 Å². The van der Waals surface area contributed by atoms with Crippen molar-refractivity contribution in [3.05, 3.63) is 93.7 Å². The monoisotopic (exact) mass is 454 g/mol. The van der Waals surface area contributed by atoms with Crippen LogP contribution < -0.4 is 10.3 Å². The molecule has 0 saturated carbocycles. The van der Waals surface area contributed by atoms with Gasteiger partial charge < -0.3 is 4.57 Å². The fraction of sp³-hybridized carbons (Fsp3) is 0.320. The van der Waals surface area contributed by atoms with E-state index < -0.39 is 22.0 Å². The predicted octanol–water partition coefficient (Wildman–Crippen LogP) is 3.86. The van der Waals surface area contributed by atoms with Crippen molar-refractivity contribution in [1.82, 2.24) is 9.29 Å². The molecule has 32 heavy (non-hydrogen) atoms. The molecule has 2 atom stereocenters. The molecule has 3 aromatic rings. The highest BCUT2D eigenvalue weighted by Gasteiger charge is 2.34. The highest BCUT2D eigenvalue weighted by Crippen LogP contribution is 2.35. The van der Waals surface area contributed by atoms with E-state index in [2.05, 4.69) is 4.72 Å². The van der Waals surface area contributed by atoms with E-state index in [9.17, 15) is 13.2 Å². The molecule has 7 heteroatoms. The molecule has 0 unspecified atom stereocenters. The lowest BCUT2D eigenvalue weighted by atomic mass is 9.77. The number of aromatic nitrogens is 1. The van der Waals surface area contributed by atoms with Gasteiger partial charge in [0.2, 0.25) is 10.0 Å². The normalized spacial score (nSPS) is 18.3. The maximum Gasteiger partial charge on any atom is 0.254 e. The average Bonchev–Trinajstić information content (AvgIpc) is 2.76. The zero-order chi connectivity index (χ0) is 22.9. The molecule has 0 aliphatic heterocycles. The van der Waals surface area contributed by atoms with E-state index in [0.717, 1.165) is 17.4 Å². The molecule has 1 N–H and O–H groups in total. The number of fused-ring (bicyclic) bond motifs is 1. The van der Waals surface area contributed by atoms with Crippen molar-refractivity contribution < 1.29 is 12.8 Å². The smallest absolute Gasteiger partial charge is 0.254 e. The summed E-state index contributed by atoms with van der Waals surface area (Å²) in [4.78, 5) is 13.2. The van der Waals surface area contributed by atoms with Crippen molar-refractivity contribution in [3.8, 4) is 11.1 Å². The average molecular weight is 455 g/mol. The molecule has 168 valence electrons. The number of halogens is 1. The van der Waals surface area contributed by atoms with Crippen LogP contribution in [0.1, 0.15) is 36.0 Å². The van der Waals surface area contributed by atoms with Crippen LogP contribution in [-0.2, 0) is 29.4 Å². The van der Waals surface area contributed by atoms with Crippen molar-refractivity contribution >= 4 is 10.0 Å². The van der Waals surface area contributed by atoms with Gasteiger partial charge in [0.1, 0.15) is 5.82 Å². The van der Waals surface area contributed by atoms with Crippen LogP contribution in [0.25, 0.3) is 11.1 Å². The second-order valence-corrected chi connectivity index (χ2v) is 10.1. The highest BCUT2D eigenvalue weighted by molar-refractivity contribution is 7.88. The molecule has 5 nitrogen and oxygen atoms in total. The summed E-state index contributed by atoms with van der Waals surface area (Å²) in [6, 6.07) is 16.0. The minimum Gasteiger partial charge on any atom is -0.316 e. The van der Waals surface area contributed by atoms with Crippen LogP contribution in [0.15, 0.2) is 65.6 Å². The molecule has 1 heterocycles.